The van der Waals surface area contributed by atoms with Crippen molar-refractivity contribution in [3.05, 3.63) is 69.7 Å². The van der Waals surface area contributed by atoms with E-state index in [0.717, 1.165) is 29.1 Å². The van der Waals surface area contributed by atoms with Gasteiger partial charge in [0.15, 0.2) is 5.69 Å². The molecule has 0 saturated heterocycles. The SMILES string of the molecule is O=C(NS(=O)(=O)c1cc(C(F)(F)F)ccc1Cl)c1cn(-c2ccc(F)cc2Cl)nn1. The third-order valence-electron chi connectivity index (χ3n) is 3.66. The minimum Gasteiger partial charge on any atom is -0.266 e. The standard InChI is InChI=1S/C16H8Cl2F4N4O3S/c17-10-3-1-8(16(20,21)22)5-14(10)30(28,29)24-15(27)12-7-26(25-23-12)13-4-2-9(19)6-11(13)18/h1-7H,(H,24,27). The second-order valence-corrected chi connectivity index (χ2v) is 8.19. The van der Waals surface area contributed by atoms with E-state index in [1.807, 2.05) is 0 Å². The van der Waals surface area contributed by atoms with Crippen LogP contribution in [0.4, 0.5) is 17.6 Å². The van der Waals surface area contributed by atoms with Gasteiger partial charge in [-0.15, -0.1) is 5.10 Å². The Kier molecular flexibility index (Phi) is 5.76. The summed E-state index contributed by atoms with van der Waals surface area (Å²) in [4.78, 5) is 11.3. The summed E-state index contributed by atoms with van der Waals surface area (Å²) in [6.45, 7) is 0. The first kappa shape index (κ1) is 22.0. The molecule has 0 spiro atoms. The largest absolute Gasteiger partial charge is 0.416 e. The van der Waals surface area contributed by atoms with Gasteiger partial charge in [-0.25, -0.2) is 22.2 Å². The second-order valence-electron chi connectivity index (χ2n) is 5.72. The van der Waals surface area contributed by atoms with Gasteiger partial charge in [0, 0.05) is 0 Å². The van der Waals surface area contributed by atoms with Crippen LogP contribution in [0.5, 0.6) is 0 Å². The molecule has 30 heavy (non-hydrogen) atoms. The molecule has 0 aliphatic rings. The Morgan fingerprint density at radius 3 is 2.40 bits per heavy atom. The van der Waals surface area contributed by atoms with E-state index in [9.17, 15) is 30.8 Å². The number of halogens is 6. The molecule has 1 aromatic heterocycles. The van der Waals surface area contributed by atoms with E-state index in [1.165, 1.54) is 6.07 Å². The average Bonchev–Trinajstić information content (AvgIpc) is 3.10. The van der Waals surface area contributed by atoms with Crippen LogP contribution in [0.2, 0.25) is 10.0 Å². The van der Waals surface area contributed by atoms with Crippen molar-refractivity contribution in [3.63, 3.8) is 0 Å². The maximum absolute atomic E-state index is 13.1. The number of hydrogen-bond donors (Lipinski definition) is 1. The Hall–Kier alpha value is -2.70. The predicted molar refractivity (Wildman–Crippen MR) is 97.4 cm³/mol. The van der Waals surface area contributed by atoms with E-state index in [4.69, 9.17) is 23.2 Å². The van der Waals surface area contributed by atoms with Gasteiger partial charge in [0.2, 0.25) is 0 Å². The summed E-state index contributed by atoms with van der Waals surface area (Å²) in [6.07, 6.45) is -3.83. The van der Waals surface area contributed by atoms with E-state index in [-0.39, 0.29) is 10.7 Å². The first-order valence-corrected chi connectivity index (χ1v) is 9.94. The van der Waals surface area contributed by atoms with E-state index >= 15 is 0 Å². The highest BCUT2D eigenvalue weighted by atomic mass is 35.5. The van der Waals surface area contributed by atoms with Crippen molar-refractivity contribution in [1.29, 1.82) is 0 Å². The number of carbonyl (C=O) groups is 1. The molecule has 7 nitrogen and oxygen atoms in total. The molecule has 0 radical (unpaired) electrons. The molecule has 0 atom stereocenters. The molecule has 0 aliphatic heterocycles. The van der Waals surface area contributed by atoms with E-state index in [0.29, 0.717) is 12.1 Å². The first-order valence-electron chi connectivity index (χ1n) is 7.70. The van der Waals surface area contributed by atoms with Crippen molar-refractivity contribution in [2.45, 2.75) is 11.1 Å². The molecule has 0 bridgehead atoms. The third-order valence-corrected chi connectivity index (χ3v) is 5.77. The molecule has 0 unspecified atom stereocenters. The second kappa shape index (κ2) is 7.85. The van der Waals surface area contributed by atoms with Crippen LogP contribution < -0.4 is 4.72 Å². The van der Waals surface area contributed by atoms with Crippen molar-refractivity contribution in [3.8, 4) is 5.69 Å². The van der Waals surface area contributed by atoms with E-state index in [2.05, 4.69) is 10.3 Å². The lowest BCUT2D eigenvalue weighted by atomic mass is 10.2. The number of rotatable bonds is 4. The zero-order valence-electron chi connectivity index (χ0n) is 14.3. The van der Waals surface area contributed by atoms with Crippen molar-refractivity contribution < 1.29 is 30.8 Å². The van der Waals surface area contributed by atoms with Crippen molar-refractivity contribution >= 4 is 39.1 Å². The number of aromatic nitrogens is 3. The topological polar surface area (TPSA) is 94.0 Å². The van der Waals surface area contributed by atoms with Crippen molar-refractivity contribution in [2.24, 2.45) is 0 Å². The minimum atomic E-state index is -4.82. The van der Waals surface area contributed by atoms with E-state index < -0.39 is 49.1 Å². The van der Waals surface area contributed by atoms with Crippen LogP contribution in [0, 0.1) is 5.82 Å². The zero-order chi connectivity index (χ0) is 22.3. The highest BCUT2D eigenvalue weighted by Gasteiger charge is 2.33. The Labute approximate surface area is 176 Å². The van der Waals surface area contributed by atoms with Crippen molar-refractivity contribution in [1.82, 2.24) is 19.7 Å². The summed E-state index contributed by atoms with van der Waals surface area (Å²) in [5.74, 6) is -1.90. The number of nitrogens with one attached hydrogen (secondary N) is 1. The fourth-order valence-corrected chi connectivity index (χ4v) is 4.01. The Balaban J connectivity index is 1.88. The average molecular weight is 483 g/mol. The molecule has 1 amide bonds. The predicted octanol–water partition coefficient (Wildman–Crippen LogP) is 3.85. The number of alkyl halides is 3. The van der Waals surface area contributed by atoms with Crippen LogP contribution in [-0.2, 0) is 16.2 Å². The lowest BCUT2D eigenvalue weighted by Crippen LogP contribution is -2.31. The van der Waals surface area contributed by atoms with Crippen LogP contribution in [-0.4, -0.2) is 29.3 Å². The molecule has 2 aromatic carbocycles. The first-order chi connectivity index (χ1) is 13.9. The molecule has 0 aliphatic carbocycles. The van der Waals surface area contributed by atoms with Gasteiger partial charge in [-0.05, 0) is 36.4 Å². The highest BCUT2D eigenvalue weighted by Crippen LogP contribution is 2.33. The fourth-order valence-electron chi connectivity index (χ4n) is 2.27. The molecule has 3 rings (SSSR count). The van der Waals surface area contributed by atoms with Gasteiger partial charge in [0.1, 0.15) is 10.7 Å². The number of carbonyl (C=O) groups excluding carboxylic acids is 1. The molecule has 1 heterocycles. The van der Waals surface area contributed by atoms with Gasteiger partial charge in [-0.1, -0.05) is 28.4 Å². The molecule has 0 fully saturated rings. The number of sulfonamides is 1. The quantitative estimate of drug-likeness (QED) is 0.570. The Morgan fingerprint density at radius 1 is 1.07 bits per heavy atom. The molecule has 1 N–H and O–H groups in total. The van der Waals surface area contributed by atoms with E-state index in [1.54, 1.807) is 4.72 Å². The molecule has 14 heteroatoms. The van der Waals surface area contributed by atoms with Crippen LogP contribution in [0.15, 0.2) is 47.5 Å². The van der Waals surface area contributed by atoms with Gasteiger partial charge in [-0.3, -0.25) is 4.79 Å². The molecule has 3 aromatic rings. The lowest BCUT2D eigenvalue weighted by molar-refractivity contribution is -0.137. The van der Waals surface area contributed by atoms with Gasteiger partial charge in [0.25, 0.3) is 15.9 Å². The molecular formula is C16H8Cl2F4N4O3S. The Morgan fingerprint density at radius 2 is 1.77 bits per heavy atom. The van der Waals surface area contributed by atoms with Crippen LogP contribution in [0.25, 0.3) is 5.69 Å². The monoisotopic (exact) mass is 482 g/mol. The van der Waals surface area contributed by atoms with Gasteiger partial charge >= 0.3 is 6.18 Å². The summed E-state index contributed by atoms with van der Waals surface area (Å²) in [5.41, 5.74) is -1.62. The smallest absolute Gasteiger partial charge is 0.266 e. The summed E-state index contributed by atoms with van der Waals surface area (Å²) < 4.78 is 79.0. The molecular weight excluding hydrogens is 475 g/mol. The third kappa shape index (κ3) is 4.55. The minimum absolute atomic E-state index is 0.0600. The maximum Gasteiger partial charge on any atom is 0.416 e. The summed E-state index contributed by atoms with van der Waals surface area (Å²) in [7, 11) is -4.77. The fraction of sp³-hybridized carbons (Fsp3) is 0.0625. The number of nitrogens with zero attached hydrogens (tertiary/aromatic N) is 3. The van der Waals surface area contributed by atoms with Crippen LogP contribution >= 0.6 is 23.2 Å². The number of amides is 1. The van der Waals surface area contributed by atoms with Crippen LogP contribution in [0.3, 0.4) is 0 Å². The summed E-state index contributed by atoms with van der Waals surface area (Å²) in [6, 6.07) is 4.94. The van der Waals surface area contributed by atoms with Gasteiger partial charge in [-0.2, -0.15) is 13.2 Å². The molecule has 158 valence electrons. The Bertz CT molecular complexity index is 1250. The number of benzene rings is 2. The number of hydrogen-bond acceptors (Lipinski definition) is 5. The molecule has 0 saturated carbocycles. The van der Waals surface area contributed by atoms with Gasteiger partial charge in [0.05, 0.1) is 27.5 Å². The highest BCUT2D eigenvalue weighted by molar-refractivity contribution is 7.90. The summed E-state index contributed by atoms with van der Waals surface area (Å²) >= 11 is 11.6. The summed E-state index contributed by atoms with van der Waals surface area (Å²) in [5, 5.41) is 6.50. The maximum atomic E-state index is 13.1. The van der Waals surface area contributed by atoms with Gasteiger partial charge < -0.3 is 0 Å². The van der Waals surface area contributed by atoms with Crippen molar-refractivity contribution in [2.75, 3.05) is 0 Å². The normalized spacial score (nSPS) is 12.1. The zero-order valence-corrected chi connectivity index (χ0v) is 16.6. The lowest BCUT2D eigenvalue weighted by Gasteiger charge is -2.11. The van der Waals surface area contributed by atoms with Crippen LogP contribution in [0.1, 0.15) is 16.1 Å².